The van der Waals surface area contributed by atoms with Gasteiger partial charge in [-0.15, -0.1) is 0 Å². The molecule has 0 atom stereocenters. The molecule has 0 radical (unpaired) electrons. The van der Waals surface area contributed by atoms with Crippen molar-refractivity contribution in [1.29, 1.82) is 0 Å². The lowest BCUT2D eigenvalue weighted by Gasteiger charge is -2.26. The third-order valence-corrected chi connectivity index (χ3v) is 5.00. The SMILES string of the molecule is CN(CCNC(C)(C)C)c1ccccc1S(=O)(=O)N(C)C. The number of sulfonamides is 1. The van der Waals surface area contributed by atoms with Gasteiger partial charge < -0.3 is 10.2 Å². The zero-order valence-electron chi connectivity index (χ0n) is 13.8. The summed E-state index contributed by atoms with van der Waals surface area (Å²) in [6.07, 6.45) is 0. The van der Waals surface area contributed by atoms with Gasteiger partial charge in [0.15, 0.2) is 0 Å². The number of para-hydroxylation sites is 1. The molecular weight excluding hydrogens is 286 g/mol. The van der Waals surface area contributed by atoms with Crippen molar-refractivity contribution in [2.45, 2.75) is 31.2 Å². The summed E-state index contributed by atoms with van der Waals surface area (Å²) in [5.41, 5.74) is 0.776. The first kappa shape index (κ1) is 17.9. The van der Waals surface area contributed by atoms with Crippen molar-refractivity contribution in [1.82, 2.24) is 9.62 Å². The van der Waals surface area contributed by atoms with Crippen LogP contribution in [0.4, 0.5) is 5.69 Å². The molecule has 6 heteroatoms. The third kappa shape index (κ3) is 4.98. The molecule has 1 aromatic rings. The Kier molecular flexibility index (Phi) is 5.78. The first-order chi connectivity index (χ1) is 9.55. The minimum atomic E-state index is -3.43. The van der Waals surface area contributed by atoms with Gasteiger partial charge in [0, 0.05) is 39.8 Å². The van der Waals surface area contributed by atoms with Crippen molar-refractivity contribution in [3.8, 4) is 0 Å². The van der Waals surface area contributed by atoms with Crippen LogP contribution in [-0.4, -0.2) is 52.5 Å². The van der Waals surface area contributed by atoms with Gasteiger partial charge in [-0.25, -0.2) is 12.7 Å². The van der Waals surface area contributed by atoms with Gasteiger partial charge in [-0.1, -0.05) is 12.1 Å². The number of nitrogens with one attached hydrogen (secondary N) is 1. The molecule has 0 unspecified atom stereocenters. The number of hydrogen-bond donors (Lipinski definition) is 1. The van der Waals surface area contributed by atoms with Gasteiger partial charge in [0.25, 0.3) is 0 Å². The fraction of sp³-hybridized carbons (Fsp3) is 0.600. The van der Waals surface area contributed by atoms with E-state index in [0.717, 1.165) is 18.8 Å². The van der Waals surface area contributed by atoms with Crippen LogP contribution in [-0.2, 0) is 10.0 Å². The Morgan fingerprint density at radius 1 is 1.10 bits per heavy atom. The summed E-state index contributed by atoms with van der Waals surface area (Å²) in [6, 6.07) is 7.10. The molecule has 1 rings (SSSR count). The second-order valence-corrected chi connectivity index (χ2v) is 8.47. The molecule has 21 heavy (non-hydrogen) atoms. The van der Waals surface area contributed by atoms with Crippen LogP contribution < -0.4 is 10.2 Å². The number of rotatable bonds is 6. The normalized spacial score (nSPS) is 12.7. The van der Waals surface area contributed by atoms with Crippen LogP contribution in [0.25, 0.3) is 0 Å². The highest BCUT2D eigenvalue weighted by Crippen LogP contribution is 2.25. The molecule has 0 fully saturated rings. The minimum Gasteiger partial charge on any atom is -0.372 e. The maximum Gasteiger partial charge on any atom is 0.244 e. The van der Waals surface area contributed by atoms with E-state index in [9.17, 15) is 8.42 Å². The number of benzene rings is 1. The van der Waals surface area contributed by atoms with E-state index in [2.05, 4.69) is 26.1 Å². The van der Waals surface area contributed by atoms with Crippen LogP contribution in [0.2, 0.25) is 0 Å². The zero-order chi connectivity index (χ0) is 16.3. The first-order valence-corrected chi connectivity index (χ1v) is 8.47. The second-order valence-electron chi connectivity index (χ2n) is 6.35. The molecule has 5 nitrogen and oxygen atoms in total. The fourth-order valence-electron chi connectivity index (χ4n) is 1.91. The summed E-state index contributed by atoms with van der Waals surface area (Å²) < 4.78 is 26.0. The summed E-state index contributed by atoms with van der Waals surface area (Å²) in [6.45, 7) is 7.85. The molecule has 0 heterocycles. The maximum atomic E-state index is 12.4. The minimum absolute atomic E-state index is 0.0517. The van der Waals surface area contributed by atoms with Gasteiger partial charge in [0.05, 0.1) is 5.69 Å². The van der Waals surface area contributed by atoms with Crippen molar-refractivity contribution in [2.24, 2.45) is 0 Å². The summed E-state index contributed by atoms with van der Waals surface area (Å²) in [5.74, 6) is 0. The lowest BCUT2D eigenvalue weighted by molar-refractivity contribution is 0.430. The smallest absolute Gasteiger partial charge is 0.244 e. The monoisotopic (exact) mass is 313 g/mol. The van der Waals surface area contributed by atoms with E-state index in [0.29, 0.717) is 4.90 Å². The van der Waals surface area contributed by atoms with Gasteiger partial charge in [0.2, 0.25) is 10.0 Å². The van der Waals surface area contributed by atoms with Gasteiger partial charge in [-0.3, -0.25) is 0 Å². The number of hydrogen-bond acceptors (Lipinski definition) is 4. The lowest BCUT2D eigenvalue weighted by Crippen LogP contribution is -2.40. The summed E-state index contributed by atoms with van der Waals surface area (Å²) in [4.78, 5) is 2.31. The van der Waals surface area contributed by atoms with Gasteiger partial charge in [-0.2, -0.15) is 0 Å². The van der Waals surface area contributed by atoms with Gasteiger partial charge in [0.1, 0.15) is 4.90 Å². The van der Waals surface area contributed by atoms with Crippen molar-refractivity contribution < 1.29 is 8.42 Å². The Balaban J connectivity index is 2.94. The average Bonchev–Trinajstić information content (AvgIpc) is 2.36. The van der Waals surface area contributed by atoms with Crippen LogP contribution in [0, 0.1) is 0 Å². The third-order valence-electron chi connectivity index (χ3n) is 3.14. The molecular formula is C15H27N3O2S. The molecule has 0 aliphatic heterocycles. The van der Waals surface area contributed by atoms with Gasteiger partial charge in [-0.05, 0) is 32.9 Å². The molecule has 0 aromatic heterocycles. The predicted octanol–water partition coefficient (Wildman–Crippen LogP) is 1.76. The molecule has 0 spiro atoms. The zero-order valence-corrected chi connectivity index (χ0v) is 14.7. The van der Waals surface area contributed by atoms with E-state index in [1.165, 1.54) is 4.31 Å². The highest BCUT2D eigenvalue weighted by Gasteiger charge is 2.22. The van der Waals surface area contributed by atoms with Gasteiger partial charge >= 0.3 is 0 Å². The van der Waals surface area contributed by atoms with E-state index in [4.69, 9.17) is 0 Å². The van der Waals surface area contributed by atoms with Crippen molar-refractivity contribution >= 4 is 15.7 Å². The predicted molar refractivity (Wildman–Crippen MR) is 88.3 cm³/mol. The standard InChI is InChI=1S/C15H27N3O2S/c1-15(2,3)16-11-12-18(6)13-9-7-8-10-14(13)21(19,20)17(4)5/h7-10,16H,11-12H2,1-6H3. The summed E-state index contributed by atoms with van der Waals surface area (Å²) >= 11 is 0. The molecule has 0 aliphatic carbocycles. The van der Waals surface area contributed by atoms with Crippen LogP contribution in [0.15, 0.2) is 29.2 Å². The summed E-state index contributed by atoms with van der Waals surface area (Å²) in [7, 11) is 1.57. The maximum absolute atomic E-state index is 12.4. The molecule has 1 N–H and O–H groups in total. The largest absolute Gasteiger partial charge is 0.372 e. The fourth-order valence-corrected chi connectivity index (χ4v) is 3.04. The number of likely N-dealkylation sites (N-methyl/N-ethyl adjacent to an activating group) is 1. The second kappa shape index (κ2) is 6.77. The summed E-state index contributed by atoms with van der Waals surface area (Å²) in [5, 5.41) is 3.40. The van der Waals surface area contributed by atoms with E-state index in [1.54, 1.807) is 26.2 Å². The van der Waals surface area contributed by atoms with Crippen LogP contribution in [0.5, 0.6) is 0 Å². The van der Waals surface area contributed by atoms with Crippen LogP contribution >= 0.6 is 0 Å². The first-order valence-electron chi connectivity index (χ1n) is 7.03. The molecule has 0 saturated heterocycles. The van der Waals surface area contributed by atoms with Crippen LogP contribution in [0.3, 0.4) is 0 Å². The highest BCUT2D eigenvalue weighted by atomic mass is 32.2. The van der Waals surface area contributed by atoms with Crippen molar-refractivity contribution in [2.75, 3.05) is 39.1 Å². The van der Waals surface area contributed by atoms with E-state index in [-0.39, 0.29) is 5.54 Å². The Morgan fingerprint density at radius 3 is 2.19 bits per heavy atom. The van der Waals surface area contributed by atoms with E-state index < -0.39 is 10.0 Å². The van der Waals surface area contributed by atoms with Crippen molar-refractivity contribution in [3.05, 3.63) is 24.3 Å². The molecule has 0 aliphatic rings. The average molecular weight is 313 g/mol. The number of anilines is 1. The molecule has 0 saturated carbocycles. The molecule has 120 valence electrons. The number of nitrogens with zero attached hydrogens (tertiary/aromatic N) is 2. The Hall–Kier alpha value is -1.11. The topological polar surface area (TPSA) is 52.7 Å². The quantitative estimate of drug-likeness (QED) is 0.869. The Bertz CT molecular complexity index is 563. The van der Waals surface area contributed by atoms with Crippen LogP contribution in [0.1, 0.15) is 20.8 Å². The van der Waals surface area contributed by atoms with E-state index >= 15 is 0 Å². The van der Waals surface area contributed by atoms with E-state index in [1.807, 2.05) is 24.1 Å². The molecule has 0 amide bonds. The Labute approximate surface area is 129 Å². The Morgan fingerprint density at radius 2 is 1.67 bits per heavy atom. The highest BCUT2D eigenvalue weighted by molar-refractivity contribution is 7.89. The van der Waals surface area contributed by atoms with Crippen molar-refractivity contribution in [3.63, 3.8) is 0 Å². The molecule has 0 bridgehead atoms. The molecule has 1 aromatic carbocycles. The lowest BCUT2D eigenvalue weighted by atomic mass is 10.1.